The smallest absolute Gasteiger partial charge is 0.00362 e. The molecule has 1 unspecified atom stereocenters. The molecule has 1 atom stereocenters. The van der Waals surface area contributed by atoms with Crippen LogP contribution in [0.3, 0.4) is 0 Å². The standard InChI is InChI=1S/C10H23N/c1-4-10(11)8-6-5-7-9(2)3/h9-10H,4-8,11H2,1-3H3. The summed E-state index contributed by atoms with van der Waals surface area (Å²) in [5, 5.41) is 0. The largest absolute Gasteiger partial charge is 0.328 e. The first-order valence-electron chi connectivity index (χ1n) is 4.92. The first-order valence-corrected chi connectivity index (χ1v) is 4.92. The van der Waals surface area contributed by atoms with E-state index in [4.69, 9.17) is 5.73 Å². The molecular weight excluding hydrogens is 134 g/mol. The fraction of sp³-hybridized carbons (Fsp3) is 1.00. The SMILES string of the molecule is CCC(N)CCCCC(C)C. The zero-order valence-corrected chi connectivity index (χ0v) is 8.27. The molecule has 2 N–H and O–H groups in total. The average Bonchev–Trinajstić information content (AvgIpc) is 1.97. The van der Waals surface area contributed by atoms with Crippen molar-refractivity contribution in [2.45, 2.75) is 58.9 Å². The van der Waals surface area contributed by atoms with Gasteiger partial charge in [-0.3, -0.25) is 0 Å². The third-order valence-electron chi connectivity index (χ3n) is 2.13. The highest BCUT2D eigenvalue weighted by Crippen LogP contribution is 2.09. The quantitative estimate of drug-likeness (QED) is 0.589. The first-order chi connectivity index (χ1) is 5.16. The summed E-state index contributed by atoms with van der Waals surface area (Å²) < 4.78 is 0. The Kier molecular flexibility index (Phi) is 6.63. The Balaban J connectivity index is 3.01. The number of hydrogen-bond donors (Lipinski definition) is 1. The van der Waals surface area contributed by atoms with Gasteiger partial charge in [0, 0.05) is 6.04 Å². The van der Waals surface area contributed by atoms with Crippen molar-refractivity contribution in [2.75, 3.05) is 0 Å². The van der Waals surface area contributed by atoms with E-state index >= 15 is 0 Å². The van der Waals surface area contributed by atoms with Crippen LogP contribution in [0.25, 0.3) is 0 Å². The molecule has 0 amide bonds. The lowest BCUT2D eigenvalue weighted by molar-refractivity contribution is 0.493. The lowest BCUT2D eigenvalue weighted by Gasteiger charge is -2.08. The molecule has 0 radical (unpaired) electrons. The molecule has 11 heavy (non-hydrogen) atoms. The van der Waals surface area contributed by atoms with E-state index in [0.29, 0.717) is 6.04 Å². The van der Waals surface area contributed by atoms with Crippen LogP contribution in [0.1, 0.15) is 52.9 Å². The zero-order chi connectivity index (χ0) is 8.69. The van der Waals surface area contributed by atoms with Crippen molar-refractivity contribution in [3.8, 4) is 0 Å². The van der Waals surface area contributed by atoms with Crippen LogP contribution in [0.2, 0.25) is 0 Å². The van der Waals surface area contributed by atoms with Crippen LogP contribution in [0.4, 0.5) is 0 Å². The van der Waals surface area contributed by atoms with Gasteiger partial charge in [0.25, 0.3) is 0 Å². The summed E-state index contributed by atoms with van der Waals surface area (Å²) >= 11 is 0. The Morgan fingerprint density at radius 2 is 1.64 bits per heavy atom. The Labute approximate surface area is 71.4 Å². The molecular formula is C10H23N. The summed E-state index contributed by atoms with van der Waals surface area (Å²) in [6, 6.07) is 0.446. The fourth-order valence-corrected chi connectivity index (χ4v) is 1.16. The summed E-state index contributed by atoms with van der Waals surface area (Å²) in [5.74, 6) is 0.854. The van der Waals surface area contributed by atoms with Gasteiger partial charge in [0.1, 0.15) is 0 Å². The Morgan fingerprint density at radius 3 is 2.09 bits per heavy atom. The Morgan fingerprint density at radius 1 is 1.09 bits per heavy atom. The molecule has 68 valence electrons. The molecule has 0 rings (SSSR count). The summed E-state index contributed by atoms with van der Waals surface area (Å²) in [7, 11) is 0. The molecule has 0 aromatic carbocycles. The lowest BCUT2D eigenvalue weighted by Crippen LogP contribution is -2.17. The molecule has 0 saturated carbocycles. The van der Waals surface area contributed by atoms with Gasteiger partial charge < -0.3 is 5.73 Å². The van der Waals surface area contributed by atoms with Crippen molar-refractivity contribution in [3.05, 3.63) is 0 Å². The molecule has 0 aromatic rings. The van der Waals surface area contributed by atoms with Crippen molar-refractivity contribution >= 4 is 0 Å². The summed E-state index contributed by atoms with van der Waals surface area (Å²) in [6.07, 6.45) is 6.36. The van der Waals surface area contributed by atoms with Crippen molar-refractivity contribution < 1.29 is 0 Å². The zero-order valence-electron chi connectivity index (χ0n) is 8.27. The number of nitrogens with two attached hydrogens (primary N) is 1. The molecule has 1 nitrogen and oxygen atoms in total. The highest BCUT2D eigenvalue weighted by atomic mass is 14.6. The Bertz CT molecular complexity index is 78.9. The highest BCUT2D eigenvalue weighted by Gasteiger charge is 1.99. The predicted octanol–water partition coefficient (Wildman–Crippen LogP) is 2.94. The molecule has 0 bridgehead atoms. The minimum Gasteiger partial charge on any atom is -0.328 e. The van der Waals surface area contributed by atoms with E-state index in [1.54, 1.807) is 0 Å². The fourth-order valence-electron chi connectivity index (χ4n) is 1.16. The second-order valence-electron chi connectivity index (χ2n) is 3.85. The molecule has 0 heterocycles. The van der Waals surface area contributed by atoms with E-state index in [2.05, 4.69) is 20.8 Å². The monoisotopic (exact) mass is 157 g/mol. The van der Waals surface area contributed by atoms with E-state index in [1.807, 2.05) is 0 Å². The van der Waals surface area contributed by atoms with Gasteiger partial charge in [0.15, 0.2) is 0 Å². The van der Waals surface area contributed by atoms with Crippen LogP contribution in [0.15, 0.2) is 0 Å². The second kappa shape index (κ2) is 6.66. The van der Waals surface area contributed by atoms with E-state index < -0.39 is 0 Å². The van der Waals surface area contributed by atoms with Gasteiger partial charge in [-0.2, -0.15) is 0 Å². The van der Waals surface area contributed by atoms with Crippen LogP contribution in [0.5, 0.6) is 0 Å². The summed E-state index contributed by atoms with van der Waals surface area (Å²) in [5.41, 5.74) is 5.79. The lowest BCUT2D eigenvalue weighted by atomic mass is 10.0. The van der Waals surface area contributed by atoms with Crippen LogP contribution in [-0.2, 0) is 0 Å². The van der Waals surface area contributed by atoms with Crippen LogP contribution >= 0.6 is 0 Å². The van der Waals surface area contributed by atoms with Crippen molar-refractivity contribution in [2.24, 2.45) is 11.7 Å². The van der Waals surface area contributed by atoms with Crippen molar-refractivity contribution in [3.63, 3.8) is 0 Å². The molecule has 1 heteroatoms. The van der Waals surface area contributed by atoms with E-state index in [9.17, 15) is 0 Å². The highest BCUT2D eigenvalue weighted by molar-refractivity contribution is 4.58. The van der Waals surface area contributed by atoms with Gasteiger partial charge >= 0.3 is 0 Å². The van der Waals surface area contributed by atoms with Gasteiger partial charge in [0.05, 0.1) is 0 Å². The minimum absolute atomic E-state index is 0.446. The van der Waals surface area contributed by atoms with Crippen LogP contribution < -0.4 is 5.73 Å². The third kappa shape index (κ3) is 7.86. The average molecular weight is 157 g/mol. The maximum atomic E-state index is 5.79. The topological polar surface area (TPSA) is 26.0 Å². The number of hydrogen-bond acceptors (Lipinski definition) is 1. The maximum absolute atomic E-state index is 5.79. The molecule has 0 fully saturated rings. The first kappa shape index (κ1) is 11.0. The minimum atomic E-state index is 0.446. The maximum Gasteiger partial charge on any atom is 0.00362 e. The molecule has 0 aliphatic rings. The van der Waals surface area contributed by atoms with Crippen molar-refractivity contribution in [1.29, 1.82) is 0 Å². The predicted molar refractivity (Wildman–Crippen MR) is 51.6 cm³/mol. The normalized spacial score (nSPS) is 13.9. The Hall–Kier alpha value is -0.0400. The van der Waals surface area contributed by atoms with Gasteiger partial charge in [-0.1, -0.05) is 40.0 Å². The van der Waals surface area contributed by atoms with Gasteiger partial charge in [-0.15, -0.1) is 0 Å². The van der Waals surface area contributed by atoms with Gasteiger partial charge in [-0.25, -0.2) is 0 Å². The summed E-state index contributed by atoms with van der Waals surface area (Å²) in [4.78, 5) is 0. The third-order valence-corrected chi connectivity index (χ3v) is 2.13. The molecule has 0 saturated heterocycles. The van der Waals surface area contributed by atoms with E-state index in [1.165, 1.54) is 25.7 Å². The number of rotatable bonds is 6. The second-order valence-corrected chi connectivity index (χ2v) is 3.85. The molecule has 0 aromatic heterocycles. The van der Waals surface area contributed by atoms with Gasteiger partial charge in [0.2, 0.25) is 0 Å². The molecule has 0 spiro atoms. The van der Waals surface area contributed by atoms with Crippen LogP contribution in [0, 0.1) is 5.92 Å². The van der Waals surface area contributed by atoms with E-state index in [-0.39, 0.29) is 0 Å². The summed E-state index contributed by atoms with van der Waals surface area (Å²) in [6.45, 7) is 6.71. The van der Waals surface area contributed by atoms with Gasteiger partial charge in [-0.05, 0) is 18.8 Å². The molecule has 0 aliphatic carbocycles. The van der Waals surface area contributed by atoms with Crippen LogP contribution in [-0.4, -0.2) is 6.04 Å². The molecule has 0 aliphatic heterocycles. The van der Waals surface area contributed by atoms with Crippen molar-refractivity contribution in [1.82, 2.24) is 0 Å². The number of unbranched alkanes of at least 4 members (excludes halogenated alkanes) is 1. The van der Waals surface area contributed by atoms with E-state index in [0.717, 1.165) is 12.3 Å².